The summed E-state index contributed by atoms with van der Waals surface area (Å²) >= 11 is 1.65. The molecule has 2 aliphatic rings. The van der Waals surface area contributed by atoms with E-state index in [0.717, 1.165) is 29.1 Å². The second-order valence-corrected chi connectivity index (χ2v) is 9.33. The number of likely N-dealkylation sites (tertiary alicyclic amines) is 1. The molecule has 0 aromatic carbocycles. The number of amides is 2. The van der Waals surface area contributed by atoms with E-state index in [2.05, 4.69) is 4.57 Å². The molecule has 4 rings (SSSR count). The van der Waals surface area contributed by atoms with E-state index in [0.29, 0.717) is 24.9 Å². The lowest BCUT2D eigenvalue weighted by molar-refractivity contribution is -0.152. The van der Waals surface area contributed by atoms with Gasteiger partial charge in [-0.3, -0.25) is 24.1 Å². The van der Waals surface area contributed by atoms with Gasteiger partial charge in [-0.05, 0) is 44.2 Å². The molecule has 1 aliphatic heterocycles. The van der Waals surface area contributed by atoms with Gasteiger partial charge < -0.3 is 9.30 Å². The summed E-state index contributed by atoms with van der Waals surface area (Å²) in [7, 11) is 0. The van der Waals surface area contributed by atoms with Crippen LogP contribution in [0.1, 0.15) is 52.3 Å². The van der Waals surface area contributed by atoms with E-state index >= 15 is 0 Å². The average Bonchev–Trinajstić information content (AvgIpc) is 3.44. The molecule has 1 saturated carbocycles. The Labute approximate surface area is 185 Å². The standard InChI is InChI=1S/C23H26N2O5S/c1-14-10-19(15(2)24(14)11-16-6-5-9-31-16)20(26)13-30-21(27)12-25-22(28)17-7-3-4-8-18(17)23(25)29/h5-6,9-10,17-18H,3-4,7-8,11-13H2,1-2H3. The predicted molar refractivity (Wildman–Crippen MR) is 115 cm³/mol. The number of carbonyl (C=O) groups is 4. The molecular weight excluding hydrogens is 416 g/mol. The highest BCUT2D eigenvalue weighted by atomic mass is 32.1. The second kappa shape index (κ2) is 8.78. The van der Waals surface area contributed by atoms with Gasteiger partial charge in [0.2, 0.25) is 17.6 Å². The van der Waals surface area contributed by atoms with E-state index < -0.39 is 19.1 Å². The van der Waals surface area contributed by atoms with Crippen molar-refractivity contribution >= 4 is 34.9 Å². The van der Waals surface area contributed by atoms with Crippen molar-refractivity contribution in [2.45, 2.75) is 46.1 Å². The SMILES string of the molecule is Cc1cc(C(=O)COC(=O)CN2C(=O)C3CCCCC3C2=O)c(C)n1Cc1cccs1. The molecule has 0 radical (unpaired) electrons. The van der Waals surface area contributed by atoms with E-state index in [-0.39, 0.29) is 29.4 Å². The zero-order valence-electron chi connectivity index (χ0n) is 17.8. The third-order valence-electron chi connectivity index (χ3n) is 6.35. The maximum absolute atomic E-state index is 12.7. The van der Waals surface area contributed by atoms with Crippen molar-refractivity contribution < 1.29 is 23.9 Å². The van der Waals surface area contributed by atoms with Gasteiger partial charge in [-0.15, -0.1) is 11.3 Å². The number of imide groups is 1. The van der Waals surface area contributed by atoms with Crippen LogP contribution in [0.4, 0.5) is 0 Å². The third-order valence-corrected chi connectivity index (χ3v) is 7.21. The molecule has 3 heterocycles. The minimum Gasteiger partial charge on any atom is -0.456 e. The number of carbonyl (C=O) groups excluding carboxylic acids is 4. The zero-order valence-corrected chi connectivity index (χ0v) is 18.6. The fraction of sp³-hybridized carbons (Fsp3) is 0.478. The first-order valence-corrected chi connectivity index (χ1v) is 11.5. The van der Waals surface area contributed by atoms with E-state index in [4.69, 9.17) is 4.74 Å². The average molecular weight is 443 g/mol. The highest BCUT2D eigenvalue weighted by Crippen LogP contribution is 2.37. The van der Waals surface area contributed by atoms with Crippen molar-refractivity contribution in [2.24, 2.45) is 11.8 Å². The lowest BCUT2D eigenvalue weighted by atomic mass is 9.81. The van der Waals surface area contributed by atoms with Gasteiger partial charge in [0, 0.05) is 21.8 Å². The monoisotopic (exact) mass is 442 g/mol. The number of nitrogens with zero attached hydrogens (tertiary/aromatic N) is 2. The largest absolute Gasteiger partial charge is 0.456 e. The van der Waals surface area contributed by atoms with E-state index in [1.165, 1.54) is 4.88 Å². The van der Waals surface area contributed by atoms with Crippen LogP contribution < -0.4 is 0 Å². The highest BCUT2D eigenvalue weighted by Gasteiger charge is 2.48. The van der Waals surface area contributed by atoms with Gasteiger partial charge in [0.15, 0.2) is 6.61 Å². The fourth-order valence-electron chi connectivity index (χ4n) is 4.67. The number of hydrogen-bond acceptors (Lipinski definition) is 6. The van der Waals surface area contributed by atoms with Crippen LogP contribution >= 0.6 is 11.3 Å². The number of Topliss-reactive ketones (excluding diaryl/α,β-unsaturated/α-hetero) is 1. The number of fused-ring (bicyclic) bond motifs is 1. The minimum atomic E-state index is -0.735. The molecule has 8 heteroatoms. The summed E-state index contributed by atoms with van der Waals surface area (Å²) < 4.78 is 7.20. The topological polar surface area (TPSA) is 85.7 Å². The Morgan fingerprint density at radius 2 is 1.81 bits per heavy atom. The van der Waals surface area contributed by atoms with E-state index in [1.54, 1.807) is 17.4 Å². The van der Waals surface area contributed by atoms with Crippen molar-refractivity contribution in [2.75, 3.05) is 13.2 Å². The zero-order chi connectivity index (χ0) is 22.1. The Hall–Kier alpha value is -2.74. The quantitative estimate of drug-likeness (QED) is 0.374. The fourth-order valence-corrected chi connectivity index (χ4v) is 5.36. The molecule has 1 aliphatic carbocycles. The molecule has 0 bridgehead atoms. The van der Waals surface area contributed by atoms with Gasteiger partial charge in [0.05, 0.1) is 18.4 Å². The molecule has 2 unspecified atom stereocenters. The van der Waals surface area contributed by atoms with Crippen LogP contribution in [0.2, 0.25) is 0 Å². The molecule has 2 aromatic heterocycles. The van der Waals surface area contributed by atoms with Crippen molar-refractivity contribution in [3.05, 3.63) is 45.4 Å². The molecule has 0 spiro atoms. The van der Waals surface area contributed by atoms with E-state index in [9.17, 15) is 19.2 Å². The van der Waals surface area contributed by atoms with Gasteiger partial charge >= 0.3 is 5.97 Å². The van der Waals surface area contributed by atoms with Gasteiger partial charge in [0.25, 0.3) is 0 Å². The smallest absolute Gasteiger partial charge is 0.326 e. The van der Waals surface area contributed by atoms with Gasteiger partial charge in [-0.25, -0.2) is 0 Å². The third kappa shape index (κ3) is 4.21. The van der Waals surface area contributed by atoms with Crippen LogP contribution in [0.3, 0.4) is 0 Å². The number of hydrogen-bond donors (Lipinski definition) is 0. The summed E-state index contributed by atoms with van der Waals surface area (Å²) in [6, 6.07) is 5.84. The summed E-state index contributed by atoms with van der Waals surface area (Å²) in [6.07, 6.45) is 3.25. The maximum Gasteiger partial charge on any atom is 0.326 e. The molecule has 2 aromatic rings. The summed E-state index contributed by atoms with van der Waals surface area (Å²) in [4.78, 5) is 52.1. The molecule has 0 N–H and O–H groups in total. The molecule has 2 amide bonds. The second-order valence-electron chi connectivity index (χ2n) is 8.29. The first-order valence-electron chi connectivity index (χ1n) is 10.6. The first kappa shape index (κ1) is 21.5. The lowest BCUT2D eigenvalue weighted by Gasteiger charge is -2.19. The van der Waals surface area contributed by atoms with Crippen LogP contribution in [-0.4, -0.2) is 46.2 Å². The summed E-state index contributed by atoms with van der Waals surface area (Å²) in [6.45, 7) is 3.66. The van der Waals surface area contributed by atoms with Crippen LogP contribution in [0.5, 0.6) is 0 Å². The summed E-state index contributed by atoms with van der Waals surface area (Å²) in [5, 5.41) is 2.01. The lowest BCUT2D eigenvalue weighted by Crippen LogP contribution is -2.37. The molecule has 2 atom stereocenters. The predicted octanol–water partition coefficient (Wildman–Crippen LogP) is 3.12. The maximum atomic E-state index is 12.7. The Kier molecular flexibility index (Phi) is 6.09. The van der Waals surface area contributed by atoms with Gasteiger partial charge in [0.1, 0.15) is 6.54 Å². The summed E-state index contributed by atoms with van der Waals surface area (Å²) in [5.74, 6) is -2.20. The molecule has 164 valence electrons. The van der Waals surface area contributed by atoms with Gasteiger partial charge in [-0.1, -0.05) is 18.9 Å². The normalized spacial score (nSPS) is 20.8. The summed E-state index contributed by atoms with van der Waals surface area (Å²) in [5.41, 5.74) is 2.29. The number of thiophene rings is 1. The molecule has 1 saturated heterocycles. The van der Waals surface area contributed by atoms with Crippen molar-refractivity contribution in [1.29, 1.82) is 0 Å². The van der Waals surface area contributed by atoms with E-state index in [1.807, 2.05) is 31.4 Å². The number of ether oxygens (including phenoxy) is 1. The van der Waals surface area contributed by atoms with Crippen LogP contribution in [0.15, 0.2) is 23.6 Å². The van der Waals surface area contributed by atoms with Crippen LogP contribution in [-0.2, 0) is 25.7 Å². The minimum absolute atomic E-state index is 0.282. The number of aromatic nitrogens is 1. The number of esters is 1. The molecule has 2 fully saturated rings. The van der Waals surface area contributed by atoms with Gasteiger partial charge in [-0.2, -0.15) is 0 Å². The van der Waals surface area contributed by atoms with Crippen molar-refractivity contribution in [3.63, 3.8) is 0 Å². The number of rotatable bonds is 7. The van der Waals surface area contributed by atoms with Crippen molar-refractivity contribution in [3.8, 4) is 0 Å². The van der Waals surface area contributed by atoms with Crippen molar-refractivity contribution in [1.82, 2.24) is 9.47 Å². The Bertz CT molecular complexity index is 999. The van der Waals surface area contributed by atoms with Crippen LogP contribution in [0, 0.1) is 25.7 Å². The molecule has 7 nitrogen and oxygen atoms in total. The Morgan fingerprint density at radius 3 is 2.42 bits per heavy atom. The molecular formula is C23H26N2O5S. The molecule has 31 heavy (non-hydrogen) atoms. The highest BCUT2D eigenvalue weighted by molar-refractivity contribution is 7.09. The number of aryl methyl sites for hydroxylation is 1. The van der Waals surface area contributed by atoms with Crippen LogP contribution in [0.25, 0.3) is 0 Å². The Morgan fingerprint density at radius 1 is 1.13 bits per heavy atom. The Balaban J connectivity index is 1.35. The first-order chi connectivity index (χ1) is 14.9. The number of ketones is 1.